The molecule has 6 unspecified atom stereocenters. The van der Waals surface area contributed by atoms with Gasteiger partial charge in [0.25, 0.3) is 0 Å². The maximum atomic E-state index is 12.0. The Balaban J connectivity index is 1.36. The summed E-state index contributed by atoms with van der Waals surface area (Å²) in [5.74, 6) is 1.63. The van der Waals surface area contributed by atoms with Crippen molar-refractivity contribution in [3.05, 3.63) is 0 Å². The van der Waals surface area contributed by atoms with Crippen molar-refractivity contribution in [2.45, 2.75) is 57.8 Å². The van der Waals surface area contributed by atoms with E-state index in [-0.39, 0.29) is 59.6 Å². The highest BCUT2D eigenvalue weighted by atomic mass is 16.2. The topological polar surface area (TPSA) is 68.3 Å². The van der Waals surface area contributed by atoms with Crippen molar-refractivity contribution in [2.75, 3.05) is 0 Å². The molecule has 4 nitrogen and oxygen atoms in total. The minimum absolute atomic E-state index is 0.00326. The Labute approximate surface area is 136 Å². The van der Waals surface area contributed by atoms with E-state index in [0.29, 0.717) is 11.8 Å². The lowest BCUT2D eigenvalue weighted by molar-refractivity contribution is -0.124. The van der Waals surface area contributed by atoms with Gasteiger partial charge in [-0.25, -0.2) is 0 Å². The van der Waals surface area contributed by atoms with Crippen LogP contribution in [0.4, 0.5) is 0 Å². The van der Waals surface area contributed by atoms with Gasteiger partial charge in [0.1, 0.15) is 23.1 Å². The average molecular weight is 316 g/mol. The van der Waals surface area contributed by atoms with Crippen LogP contribution in [0.15, 0.2) is 0 Å². The van der Waals surface area contributed by atoms with Crippen LogP contribution in [0.1, 0.15) is 57.8 Å². The van der Waals surface area contributed by atoms with Gasteiger partial charge in [0.2, 0.25) is 0 Å². The first-order chi connectivity index (χ1) is 11.0. The van der Waals surface area contributed by atoms with E-state index in [2.05, 4.69) is 0 Å². The minimum Gasteiger partial charge on any atom is -0.299 e. The smallest absolute Gasteiger partial charge is 0.144 e. The Kier molecular flexibility index (Phi) is 3.73. The van der Waals surface area contributed by atoms with Crippen molar-refractivity contribution in [2.24, 2.45) is 35.5 Å². The van der Waals surface area contributed by atoms with Crippen LogP contribution in [0.5, 0.6) is 0 Å². The van der Waals surface area contributed by atoms with Gasteiger partial charge in [-0.2, -0.15) is 0 Å². The molecule has 0 bridgehead atoms. The van der Waals surface area contributed by atoms with Crippen LogP contribution in [-0.4, -0.2) is 23.1 Å². The zero-order valence-corrected chi connectivity index (χ0v) is 13.5. The summed E-state index contributed by atoms with van der Waals surface area (Å²) in [6.07, 6.45) is 6.94. The number of ketones is 4. The predicted molar refractivity (Wildman–Crippen MR) is 82.5 cm³/mol. The number of Topliss-reactive ketones (excluding diaryl/α,β-unsaturated/α-hetero) is 4. The number of hydrogen-bond donors (Lipinski definition) is 0. The standard InChI is InChI=1S/C19H24O4/c20-16-8-18(22)14-6-10(1-3-12(14)16)5-11-2-4-13-15(7-11)19(23)9-17(13)21/h10-15H,1-9H2. The summed E-state index contributed by atoms with van der Waals surface area (Å²) in [5.41, 5.74) is 0. The molecule has 124 valence electrons. The molecule has 4 fully saturated rings. The minimum atomic E-state index is -0.0210. The summed E-state index contributed by atoms with van der Waals surface area (Å²) in [6.45, 7) is 0. The predicted octanol–water partition coefficient (Wildman–Crippen LogP) is 2.53. The van der Waals surface area contributed by atoms with E-state index in [9.17, 15) is 19.2 Å². The lowest BCUT2D eigenvalue weighted by atomic mass is 9.68. The average Bonchev–Trinajstić information content (AvgIpc) is 2.96. The van der Waals surface area contributed by atoms with Crippen molar-refractivity contribution in [3.8, 4) is 0 Å². The fraction of sp³-hybridized carbons (Fsp3) is 0.789. The second-order valence-corrected chi connectivity index (χ2v) is 8.24. The van der Waals surface area contributed by atoms with E-state index in [1.165, 1.54) is 0 Å². The second-order valence-electron chi connectivity index (χ2n) is 8.24. The van der Waals surface area contributed by atoms with Gasteiger partial charge in [-0.3, -0.25) is 19.2 Å². The largest absolute Gasteiger partial charge is 0.299 e. The maximum absolute atomic E-state index is 12.0. The summed E-state index contributed by atoms with van der Waals surface area (Å²) >= 11 is 0. The molecule has 0 saturated heterocycles. The molecule has 0 aromatic rings. The van der Waals surface area contributed by atoms with Crippen LogP contribution in [0, 0.1) is 35.5 Å². The third-order valence-corrected chi connectivity index (χ3v) is 6.94. The zero-order chi connectivity index (χ0) is 16.1. The van der Waals surface area contributed by atoms with E-state index >= 15 is 0 Å². The number of fused-ring (bicyclic) bond motifs is 2. The number of rotatable bonds is 2. The lowest BCUT2D eigenvalue weighted by Crippen LogP contribution is -2.31. The molecule has 0 aromatic carbocycles. The quantitative estimate of drug-likeness (QED) is 0.734. The van der Waals surface area contributed by atoms with Crippen LogP contribution < -0.4 is 0 Å². The maximum Gasteiger partial charge on any atom is 0.144 e. The Bertz CT molecular complexity index is 528. The Morgan fingerprint density at radius 3 is 1.39 bits per heavy atom. The number of hydrogen-bond acceptors (Lipinski definition) is 4. The van der Waals surface area contributed by atoms with Crippen molar-refractivity contribution in [1.29, 1.82) is 0 Å². The first kappa shape index (κ1) is 15.2. The van der Waals surface area contributed by atoms with E-state index in [1.54, 1.807) is 0 Å². The molecule has 0 N–H and O–H groups in total. The molecule has 4 aliphatic rings. The zero-order valence-electron chi connectivity index (χ0n) is 13.5. The van der Waals surface area contributed by atoms with Crippen molar-refractivity contribution in [3.63, 3.8) is 0 Å². The van der Waals surface area contributed by atoms with E-state index in [4.69, 9.17) is 0 Å². The van der Waals surface area contributed by atoms with Crippen LogP contribution in [-0.2, 0) is 19.2 Å². The molecule has 6 atom stereocenters. The summed E-state index contributed by atoms with van der Waals surface area (Å²) in [7, 11) is 0. The molecule has 0 aromatic heterocycles. The first-order valence-corrected chi connectivity index (χ1v) is 9.13. The van der Waals surface area contributed by atoms with E-state index < -0.39 is 0 Å². The van der Waals surface area contributed by atoms with Crippen LogP contribution >= 0.6 is 0 Å². The fourth-order valence-electron chi connectivity index (χ4n) is 5.77. The van der Waals surface area contributed by atoms with Gasteiger partial charge in [-0.15, -0.1) is 0 Å². The van der Waals surface area contributed by atoms with Gasteiger partial charge in [-0.1, -0.05) is 0 Å². The summed E-state index contributed by atoms with van der Waals surface area (Å²) in [6, 6.07) is 0. The molecule has 0 spiro atoms. The Hall–Kier alpha value is -1.32. The molecule has 4 rings (SSSR count). The SMILES string of the molecule is O=C1CC(=O)C2CC(CC3CCC4C(=O)CC(=O)C4C3)CCC12. The van der Waals surface area contributed by atoms with Gasteiger partial charge < -0.3 is 0 Å². The molecule has 0 amide bonds. The van der Waals surface area contributed by atoms with Crippen molar-refractivity contribution >= 4 is 23.1 Å². The second kappa shape index (κ2) is 5.64. The normalized spacial score (nSPS) is 43.7. The highest BCUT2D eigenvalue weighted by molar-refractivity contribution is 6.09. The Morgan fingerprint density at radius 2 is 0.957 bits per heavy atom. The van der Waals surface area contributed by atoms with Crippen molar-refractivity contribution < 1.29 is 19.2 Å². The van der Waals surface area contributed by atoms with Gasteiger partial charge >= 0.3 is 0 Å². The van der Waals surface area contributed by atoms with E-state index in [1.807, 2.05) is 0 Å². The van der Waals surface area contributed by atoms with E-state index in [0.717, 1.165) is 44.9 Å². The highest BCUT2D eigenvalue weighted by Crippen LogP contribution is 2.46. The molecule has 0 aliphatic heterocycles. The van der Waals surface area contributed by atoms with Crippen LogP contribution in [0.3, 0.4) is 0 Å². The third kappa shape index (κ3) is 2.60. The van der Waals surface area contributed by atoms with Crippen molar-refractivity contribution in [1.82, 2.24) is 0 Å². The summed E-state index contributed by atoms with van der Waals surface area (Å²) in [5, 5.41) is 0. The molecule has 4 saturated carbocycles. The van der Waals surface area contributed by atoms with Gasteiger partial charge in [-0.05, 0) is 56.8 Å². The number of carbonyl (C=O) groups is 4. The van der Waals surface area contributed by atoms with Gasteiger partial charge in [0.05, 0.1) is 12.8 Å². The molecule has 0 radical (unpaired) electrons. The molecular formula is C19H24O4. The fourth-order valence-corrected chi connectivity index (χ4v) is 5.77. The van der Waals surface area contributed by atoms with Crippen LogP contribution in [0.25, 0.3) is 0 Å². The van der Waals surface area contributed by atoms with Gasteiger partial charge in [0.15, 0.2) is 0 Å². The molecule has 4 heteroatoms. The molecule has 23 heavy (non-hydrogen) atoms. The third-order valence-electron chi connectivity index (χ3n) is 6.94. The molecular weight excluding hydrogens is 292 g/mol. The van der Waals surface area contributed by atoms with Gasteiger partial charge in [0, 0.05) is 23.7 Å². The monoisotopic (exact) mass is 316 g/mol. The Morgan fingerprint density at radius 1 is 0.565 bits per heavy atom. The van der Waals surface area contributed by atoms with Crippen LogP contribution in [0.2, 0.25) is 0 Å². The molecule has 0 heterocycles. The summed E-state index contributed by atoms with van der Waals surface area (Å²) < 4.78 is 0. The number of carbonyl (C=O) groups excluding carboxylic acids is 4. The molecule has 4 aliphatic carbocycles. The summed E-state index contributed by atoms with van der Waals surface area (Å²) in [4.78, 5) is 47.6. The lowest BCUT2D eigenvalue weighted by Gasteiger charge is -2.35. The first-order valence-electron chi connectivity index (χ1n) is 9.13. The highest BCUT2D eigenvalue weighted by Gasteiger charge is 2.47.